The SMILES string of the molecule is CCN(CC(=O)NC(C)C)C(=O)c1cn(Cc2ccccc2)nc1-c1ccc(OC)cc1. The van der Waals surface area contributed by atoms with Crippen molar-refractivity contribution in [2.45, 2.75) is 33.4 Å². The van der Waals surface area contributed by atoms with Gasteiger partial charge in [-0.15, -0.1) is 0 Å². The van der Waals surface area contributed by atoms with Gasteiger partial charge < -0.3 is 15.0 Å². The summed E-state index contributed by atoms with van der Waals surface area (Å²) in [6.45, 7) is 6.60. The molecule has 0 aliphatic carbocycles. The van der Waals surface area contributed by atoms with E-state index in [-0.39, 0.29) is 24.4 Å². The van der Waals surface area contributed by atoms with Crippen molar-refractivity contribution in [1.29, 1.82) is 0 Å². The number of hydrogen-bond acceptors (Lipinski definition) is 4. The molecule has 0 atom stereocenters. The van der Waals surface area contributed by atoms with Crippen LogP contribution >= 0.6 is 0 Å². The van der Waals surface area contributed by atoms with Gasteiger partial charge in [-0.05, 0) is 50.6 Å². The second-order valence-electron chi connectivity index (χ2n) is 7.84. The smallest absolute Gasteiger partial charge is 0.258 e. The number of nitrogens with one attached hydrogen (secondary N) is 1. The van der Waals surface area contributed by atoms with E-state index in [9.17, 15) is 9.59 Å². The van der Waals surface area contributed by atoms with Crippen molar-refractivity contribution in [1.82, 2.24) is 20.0 Å². The molecule has 7 heteroatoms. The second kappa shape index (κ2) is 10.6. The maximum atomic E-state index is 13.4. The molecule has 0 aliphatic heterocycles. The van der Waals surface area contributed by atoms with Gasteiger partial charge in [-0.2, -0.15) is 5.10 Å². The van der Waals surface area contributed by atoms with Crippen LogP contribution in [0.15, 0.2) is 60.8 Å². The Labute approximate surface area is 189 Å². The summed E-state index contributed by atoms with van der Waals surface area (Å²) in [5.74, 6) is 0.320. The molecule has 1 heterocycles. The number of amides is 2. The van der Waals surface area contributed by atoms with E-state index < -0.39 is 0 Å². The highest BCUT2D eigenvalue weighted by atomic mass is 16.5. The summed E-state index contributed by atoms with van der Waals surface area (Å²) in [7, 11) is 1.61. The Morgan fingerprint density at radius 3 is 2.38 bits per heavy atom. The number of hydrogen-bond donors (Lipinski definition) is 1. The van der Waals surface area contributed by atoms with Crippen molar-refractivity contribution in [3.8, 4) is 17.0 Å². The quantitative estimate of drug-likeness (QED) is 0.558. The number of ether oxygens (including phenoxy) is 1. The molecule has 2 aromatic carbocycles. The van der Waals surface area contributed by atoms with Crippen LogP contribution in [0.4, 0.5) is 0 Å². The first-order valence-electron chi connectivity index (χ1n) is 10.8. The summed E-state index contributed by atoms with van der Waals surface area (Å²) in [5, 5.41) is 7.57. The van der Waals surface area contributed by atoms with Gasteiger partial charge in [-0.25, -0.2) is 0 Å². The Morgan fingerprint density at radius 2 is 1.78 bits per heavy atom. The van der Waals surface area contributed by atoms with Crippen LogP contribution < -0.4 is 10.1 Å². The van der Waals surface area contributed by atoms with Crippen LogP contribution in [0.1, 0.15) is 36.7 Å². The van der Waals surface area contributed by atoms with E-state index in [2.05, 4.69) is 5.32 Å². The number of nitrogens with zero attached hydrogens (tertiary/aromatic N) is 3. The highest BCUT2D eigenvalue weighted by Crippen LogP contribution is 2.26. The van der Waals surface area contributed by atoms with Crippen LogP contribution in [-0.4, -0.2) is 52.7 Å². The van der Waals surface area contributed by atoms with Crippen LogP contribution in [0.2, 0.25) is 0 Å². The summed E-state index contributed by atoms with van der Waals surface area (Å²) in [4.78, 5) is 27.3. The predicted molar refractivity (Wildman–Crippen MR) is 125 cm³/mol. The maximum Gasteiger partial charge on any atom is 0.258 e. The summed E-state index contributed by atoms with van der Waals surface area (Å²) in [6, 6.07) is 17.4. The largest absolute Gasteiger partial charge is 0.497 e. The fourth-order valence-corrected chi connectivity index (χ4v) is 3.43. The van der Waals surface area contributed by atoms with Crippen molar-refractivity contribution < 1.29 is 14.3 Å². The standard InChI is InChI=1S/C25H30N4O3/c1-5-28(17-23(30)26-18(2)3)25(31)22-16-29(15-19-9-7-6-8-10-19)27-24(22)20-11-13-21(32-4)14-12-20/h6-14,16,18H,5,15,17H2,1-4H3,(H,26,30). The lowest BCUT2D eigenvalue weighted by Gasteiger charge is -2.21. The molecule has 168 valence electrons. The molecule has 7 nitrogen and oxygen atoms in total. The lowest BCUT2D eigenvalue weighted by molar-refractivity contribution is -0.122. The molecule has 0 saturated heterocycles. The Bertz CT molecular complexity index is 1040. The molecule has 1 N–H and O–H groups in total. The number of carbonyl (C=O) groups is 2. The molecule has 0 spiro atoms. The summed E-state index contributed by atoms with van der Waals surface area (Å²) >= 11 is 0. The molecule has 32 heavy (non-hydrogen) atoms. The fourth-order valence-electron chi connectivity index (χ4n) is 3.43. The van der Waals surface area contributed by atoms with E-state index in [0.717, 1.165) is 16.9 Å². The molecule has 3 rings (SSSR count). The van der Waals surface area contributed by atoms with Crippen LogP contribution in [0.3, 0.4) is 0 Å². The average Bonchev–Trinajstić information content (AvgIpc) is 3.21. The molecule has 0 aliphatic rings. The third-order valence-electron chi connectivity index (χ3n) is 5.00. The third-order valence-corrected chi connectivity index (χ3v) is 5.00. The highest BCUT2D eigenvalue weighted by Gasteiger charge is 2.24. The number of benzene rings is 2. The first-order valence-corrected chi connectivity index (χ1v) is 10.8. The molecule has 0 bridgehead atoms. The number of likely N-dealkylation sites (N-methyl/N-ethyl adjacent to an activating group) is 1. The van der Waals surface area contributed by atoms with Crippen molar-refractivity contribution in [3.63, 3.8) is 0 Å². The lowest BCUT2D eigenvalue weighted by atomic mass is 10.1. The zero-order valence-electron chi connectivity index (χ0n) is 19.0. The molecular weight excluding hydrogens is 404 g/mol. The number of aromatic nitrogens is 2. The van der Waals surface area contributed by atoms with E-state index in [4.69, 9.17) is 9.84 Å². The van der Waals surface area contributed by atoms with Gasteiger partial charge in [0, 0.05) is 24.3 Å². The molecule has 1 aromatic heterocycles. The zero-order valence-corrected chi connectivity index (χ0v) is 19.0. The van der Waals surface area contributed by atoms with Gasteiger partial charge in [-0.1, -0.05) is 30.3 Å². The predicted octanol–water partition coefficient (Wildman–Crippen LogP) is 3.59. The molecule has 3 aromatic rings. The van der Waals surface area contributed by atoms with Crippen molar-refractivity contribution >= 4 is 11.8 Å². The highest BCUT2D eigenvalue weighted by molar-refractivity contribution is 6.01. The van der Waals surface area contributed by atoms with Crippen LogP contribution in [0.25, 0.3) is 11.3 Å². The lowest BCUT2D eigenvalue weighted by Crippen LogP contribution is -2.42. The van der Waals surface area contributed by atoms with E-state index in [0.29, 0.717) is 24.3 Å². The van der Waals surface area contributed by atoms with Gasteiger partial charge in [0.15, 0.2) is 0 Å². The van der Waals surface area contributed by atoms with Crippen LogP contribution in [-0.2, 0) is 11.3 Å². The van der Waals surface area contributed by atoms with Crippen molar-refractivity contribution in [2.24, 2.45) is 0 Å². The molecule has 0 saturated carbocycles. The normalized spacial score (nSPS) is 10.8. The van der Waals surface area contributed by atoms with Gasteiger partial charge in [0.2, 0.25) is 5.91 Å². The van der Waals surface area contributed by atoms with Crippen molar-refractivity contribution in [3.05, 3.63) is 71.9 Å². The first-order chi connectivity index (χ1) is 15.4. The zero-order chi connectivity index (χ0) is 23.1. The number of rotatable bonds is 9. The second-order valence-corrected chi connectivity index (χ2v) is 7.84. The number of carbonyl (C=O) groups excluding carboxylic acids is 2. The minimum Gasteiger partial charge on any atom is -0.497 e. The van der Waals surface area contributed by atoms with Crippen LogP contribution in [0.5, 0.6) is 5.75 Å². The molecule has 0 radical (unpaired) electrons. The topological polar surface area (TPSA) is 76.5 Å². The number of methoxy groups -OCH3 is 1. The van der Waals surface area contributed by atoms with Gasteiger partial charge in [0.05, 0.1) is 25.8 Å². The Balaban J connectivity index is 1.95. The van der Waals surface area contributed by atoms with E-state index in [1.807, 2.05) is 75.4 Å². The van der Waals surface area contributed by atoms with E-state index in [1.54, 1.807) is 18.0 Å². The Kier molecular flexibility index (Phi) is 7.65. The third kappa shape index (κ3) is 5.75. The van der Waals surface area contributed by atoms with Gasteiger partial charge in [0.25, 0.3) is 5.91 Å². The van der Waals surface area contributed by atoms with Crippen LogP contribution in [0, 0.1) is 0 Å². The van der Waals surface area contributed by atoms with Gasteiger partial charge in [0.1, 0.15) is 11.4 Å². The molecular formula is C25H30N4O3. The molecule has 0 unspecified atom stereocenters. The summed E-state index contributed by atoms with van der Waals surface area (Å²) in [5.41, 5.74) is 2.93. The van der Waals surface area contributed by atoms with Crippen molar-refractivity contribution in [2.75, 3.05) is 20.2 Å². The molecule has 0 fully saturated rings. The Morgan fingerprint density at radius 1 is 1.09 bits per heavy atom. The van der Waals surface area contributed by atoms with E-state index >= 15 is 0 Å². The fraction of sp³-hybridized carbons (Fsp3) is 0.320. The first kappa shape index (κ1) is 23.1. The minimum atomic E-state index is -0.225. The maximum absolute atomic E-state index is 13.4. The molecule has 2 amide bonds. The van der Waals surface area contributed by atoms with E-state index in [1.165, 1.54) is 4.90 Å². The van der Waals surface area contributed by atoms with Gasteiger partial charge in [-0.3, -0.25) is 14.3 Å². The van der Waals surface area contributed by atoms with Gasteiger partial charge >= 0.3 is 0 Å². The average molecular weight is 435 g/mol. The summed E-state index contributed by atoms with van der Waals surface area (Å²) < 4.78 is 7.02. The summed E-state index contributed by atoms with van der Waals surface area (Å²) in [6.07, 6.45) is 1.76. The minimum absolute atomic E-state index is 0.000564. The monoisotopic (exact) mass is 434 g/mol. The Hall–Kier alpha value is -3.61.